The molecule has 0 saturated heterocycles. The largest absolute Gasteiger partial charge is 0.464 e. The van der Waals surface area contributed by atoms with E-state index >= 15 is 0 Å². The molecule has 1 amide bonds. The van der Waals surface area contributed by atoms with Crippen LogP contribution in [0.4, 0.5) is 4.39 Å². The van der Waals surface area contributed by atoms with Gasteiger partial charge >= 0.3 is 0 Å². The Kier molecular flexibility index (Phi) is 6.12. The number of hydrogen-bond donors (Lipinski definition) is 3. The van der Waals surface area contributed by atoms with E-state index in [0.29, 0.717) is 28.8 Å². The van der Waals surface area contributed by atoms with Gasteiger partial charge in [0.05, 0.1) is 6.26 Å². The van der Waals surface area contributed by atoms with Crippen molar-refractivity contribution in [2.45, 2.75) is 25.3 Å². The van der Waals surface area contributed by atoms with Crippen LogP contribution < -0.4 is 11.1 Å². The molecule has 0 saturated carbocycles. The number of aromatic nitrogens is 1. The predicted molar refractivity (Wildman–Crippen MR) is 124 cm³/mol. The molecule has 168 valence electrons. The summed E-state index contributed by atoms with van der Waals surface area (Å²) in [4.78, 5) is 13.9. The third kappa shape index (κ3) is 4.05. The number of nitrogens with two attached hydrogens (primary N) is 1. The second-order valence-electron chi connectivity index (χ2n) is 8.02. The molecule has 0 aliphatic carbocycles. The number of rotatable bonds is 6. The number of carbonyl (C=O) groups is 1. The predicted octanol–water partition coefficient (Wildman–Crippen LogP) is 3.97. The molecular weight excluding hydrogens is 429 g/mol. The van der Waals surface area contributed by atoms with Crippen LogP contribution in [0, 0.1) is 24.1 Å². The molecule has 1 aliphatic rings. The highest BCUT2D eigenvalue weighted by atomic mass is 32.2. The maximum absolute atomic E-state index is 14.3. The average molecular weight is 456 g/mol. The first kappa shape index (κ1) is 22.2. The summed E-state index contributed by atoms with van der Waals surface area (Å²) in [5.41, 5.74) is 10.1. The van der Waals surface area contributed by atoms with E-state index in [1.807, 2.05) is 31.5 Å². The number of benzene rings is 1. The first-order chi connectivity index (χ1) is 15.3. The van der Waals surface area contributed by atoms with Crippen LogP contribution in [0.5, 0.6) is 0 Å². The van der Waals surface area contributed by atoms with Gasteiger partial charge in [-0.25, -0.2) is 8.70 Å². The smallest absolute Gasteiger partial charge is 0.268 e. The fourth-order valence-corrected chi connectivity index (χ4v) is 5.12. The van der Waals surface area contributed by atoms with E-state index in [2.05, 4.69) is 9.62 Å². The van der Waals surface area contributed by atoms with E-state index < -0.39 is 0 Å². The second kappa shape index (κ2) is 8.84. The number of hydrogen-bond acceptors (Lipinski definition) is 6. The number of furan rings is 1. The van der Waals surface area contributed by atoms with E-state index in [4.69, 9.17) is 15.6 Å². The van der Waals surface area contributed by atoms with Crippen LogP contribution in [0.1, 0.15) is 28.7 Å². The Labute approximate surface area is 190 Å². The first-order valence-electron chi connectivity index (χ1n) is 10.3. The topological polar surface area (TPSA) is 100 Å². The molecule has 32 heavy (non-hydrogen) atoms. The van der Waals surface area contributed by atoms with Crippen LogP contribution in [-0.2, 0) is 13.6 Å². The minimum Gasteiger partial charge on any atom is -0.464 e. The Balaban J connectivity index is 1.50. The lowest BCUT2D eigenvalue weighted by atomic mass is 10.00. The standard InChI is InChI=1S/C23H26FN5O2S/c1-13-11-29(12-15(9-25)22(13)26)32-21-8-19(28(3)14(21)2)23(30)27-10-17-16-6-7-31-20(16)5-4-18(17)24/h4-9,13,25H,10-12,26H2,1-3H3,(H,27,30). The fourth-order valence-electron chi connectivity index (χ4n) is 3.90. The molecule has 1 aromatic carbocycles. The minimum absolute atomic E-state index is 0.0602. The molecule has 3 heterocycles. The molecular formula is C23H26FN5O2S. The highest BCUT2D eigenvalue weighted by molar-refractivity contribution is 7.97. The van der Waals surface area contributed by atoms with E-state index in [1.165, 1.54) is 18.5 Å². The average Bonchev–Trinajstić information content (AvgIpc) is 3.35. The van der Waals surface area contributed by atoms with E-state index in [1.54, 1.807) is 24.1 Å². The molecule has 1 atom stereocenters. The zero-order chi connectivity index (χ0) is 23.0. The Bertz CT molecular complexity index is 1230. The van der Waals surface area contributed by atoms with Crippen molar-refractivity contribution in [1.29, 1.82) is 5.41 Å². The van der Waals surface area contributed by atoms with Gasteiger partial charge in [0, 0.05) is 71.6 Å². The molecule has 7 nitrogen and oxygen atoms in total. The number of fused-ring (bicyclic) bond motifs is 1. The normalized spacial score (nSPS) is 17.2. The summed E-state index contributed by atoms with van der Waals surface area (Å²) in [5, 5.41) is 11.1. The highest BCUT2D eigenvalue weighted by Crippen LogP contribution is 2.33. The molecule has 0 radical (unpaired) electrons. The van der Waals surface area contributed by atoms with Crippen molar-refractivity contribution >= 4 is 35.0 Å². The van der Waals surface area contributed by atoms with Crippen LogP contribution in [0.15, 0.2) is 51.1 Å². The molecule has 4 N–H and O–H groups in total. The number of carbonyl (C=O) groups excluding carboxylic acids is 1. The van der Waals surface area contributed by atoms with Crippen molar-refractivity contribution in [2.24, 2.45) is 18.7 Å². The van der Waals surface area contributed by atoms with E-state index in [9.17, 15) is 9.18 Å². The third-order valence-corrected chi connectivity index (χ3v) is 7.11. The molecule has 0 fully saturated rings. The summed E-state index contributed by atoms with van der Waals surface area (Å²) in [7, 11) is 1.84. The van der Waals surface area contributed by atoms with Crippen LogP contribution >= 0.6 is 11.9 Å². The molecule has 0 bridgehead atoms. The highest BCUT2D eigenvalue weighted by Gasteiger charge is 2.25. The Morgan fingerprint density at radius 1 is 1.44 bits per heavy atom. The molecule has 9 heteroatoms. The summed E-state index contributed by atoms with van der Waals surface area (Å²) in [6.07, 6.45) is 2.82. The van der Waals surface area contributed by atoms with Crippen molar-refractivity contribution < 1.29 is 13.6 Å². The maximum Gasteiger partial charge on any atom is 0.268 e. The van der Waals surface area contributed by atoms with Gasteiger partial charge in [-0.3, -0.25) is 4.79 Å². The van der Waals surface area contributed by atoms with E-state index in [0.717, 1.165) is 28.4 Å². The van der Waals surface area contributed by atoms with Crippen molar-refractivity contribution in [3.63, 3.8) is 0 Å². The summed E-state index contributed by atoms with van der Waals surface area (Å²) in [6, 6.07) is 6.47. The van der Waals surface area contributed by atoms with Crippen molar-refractivity contribution in [2.75, 3.05) is 13.1 Å². The van der Waals surface area contributed by atoms with Crippen LogP contribution in [0.3, 0.4) is 0 Å². The molecule has 0 spiro atoms. The van der Waals surface area contributed by atoms with Gasteiger partial charge in [0.25, 0.3) is 5.91 Å². The molecule has 1 aliphatic heterocycles. The monoisotopic (exact) mass is 455 g/mol. The van der Waals surface area contributed by atoms with Crippen LogP contribution in [-0.4, -0.2) is 34.1 Å². The lowest BCUT2D eigenvalue weighted by Gasteiger charge is -2.31. The van der Waals surface area contributed by atoms with Crippen LogP contribution in [0.25, 0.3) is 11.0 Å². The van der Waals surface area contributed by atoms with Gasteiger partial charge in [0.15, 0.2) is 0 Å². The van der Waals surface area contributed by atoms with Gasteiger partial charge in [-0.05, 0) is 43.1 Å². The minimum atomic E-state index is -0.382. The molecule has 4 rings (SSSR count). The number of amides is 1. The molecule has 1 unspecified atom stereocenters. The Morgan fingerprint density at radius 3 is 2.97 bits per heavy atom. The van der Waals surface area contributed by atoms with Crippen molar-refractivity contribution in [1.82, 2.24) is 14.2 Å². The maximum atomic E-state index is 14.3. The van der Waals surface area contributed by atoms with Gasteiger partial charge < -0.3 is 25.4 Å². The van der Waals surface area contributed by atoms with Gasteiger partial charge in [0.1, 0.15) is 17.1 Å². The lowest BCUT2D eigenvalue weighted by Crippen LogP contribution is -2.34. The Morgan fingerprint density at radius 2 is 2.22 bits per heavy atom. The lowest BCUT2D eigenvalue weighted by molar-refractivity contribution is 0.0942. The summed E-state index contributed by atoms with van der Waals surface area (Å²) in [5.74, 6) is -0.508. The van der Waals surface area contributed by atoms with Gasteiger partial charge in [-0.15, -0.1) is 0 Å². The fraction of sp³-hybridized carbons (Fsp3) is 0.304. The Hall–Kier alpha value is -3.04. The zero-order valence-electron chi connectivity index (χ0n) is 18.2. The second-order valence-corrected chi connectivity index (χ2v) is 9.16. The number of nitrogens with one attached hydrogen (secondary N) is 2. The number of halogens is 1. The third-order valence-electron chi connectivity index (χ3n) is 5.96. The molecule has 2 aromatic heterocycles. The van der Waals surface area contributed by atoms with Gasteiger partial charge in [-0.1, -0.05) is 6.92 Å². The van der Waals surface area contributed by atoms with Crippen LogP contribution in [0.2, 0.25) is 0 Å². The summed E-state index contributed by atoms with van der Waals surface area (Å²) >= 11 is 1.56. The SMILES string of the molecule is Cc1c(SN2CC(C=N)=C(N)C(C)C2)cc(C(=O)NCc2c(F)ccc3occc23)n1C. The summed E-state index contributed by atoms with van der Waals surface area (Å²) < 4.78 is 23.7. The van der Waals surface area contributed by atoms with E-state index in [-0.39, 0.29) is 24.2 Å². The van der Waals surface area contributed by atoms with Crippen molar-refractivity contribution in [3.8, 4) is 0 Å². The van der Waals surface area contributed by atoms with Gasteiger partial charge in [-0.2, -0.15) is 0 Å². The first-order valence-corrected chi connectivity index (χ1v) is 11.1. The summed E-state index contributed by atoms with van der Waals surface area (Å²) in [6.45, 7) is 5.40. The molecule has 3 aromatic rings. The quantitative estimate of drug-likeness (QED) is 0.386. The zero-order valence-corrected chi connectivity index (χ0v) is 19.1. The number of nitrogens with zero attached hydrogens (tertiary/aromatic N) is 2. The van der Waals surface area contributed by atoms with Crippen molar-refractivity contribution in [3.05, 3.63) is 64.6 Å². The van der Waals surface area contributed by atoms with Gasteiger partial charge in [0.2, 0.25) is 0 Å².